The number of aromatic nitrogens is 4. The summed E-state index contributed by atoms with van der Waals surface area (Å²) in [5.74, 6) is 0.713. The molecule has 9 heteroatoms. The fourth-order valence-electron chi connectivity index (χ4n) is 3.50. The summed E-state index contributed by atoms with van der Waals surface area (Å²) in [6, 6.07) is 4.19. The van der Waals surface area contributed by atoms with Crippen LogP contribution in [-0.4, -0.2) is 38.6 Å². The first kappa shape index (κ1) is 18.2. The molecule has 0 aliphatic heterocycles. The Balaban J connectivity index is 1.78. The molecule has 0 bridgehead atoms. The number of fused-ring (bicyclic) bond motifs is 1. The van der Waals surface area contributed by atoms with Crippen molar-refractivity contribution in [3.05, 3.63) is 18.3 Å². The van der Waals surface area contributed by atoms with Crippen molar-refractivity contribution in [1.82, 2.24) is 19.7 Å². The molecule has 0 unspecified atom stereocenters. The number of anilines is 1. The number of nitrogen functional groups attached to an aromatic ring is 1. The topological polar surface area (TPSA) is 95.9 Å². The Labute approximate surface area is 165 Å². The quantitative estimate of drug-likeness (QED) is 0.510. The van der Waals surface area contributed by atoms with Crippen molar-refractivity contribution in [1.29, 1.82) is 0 Å². The van der Waals surface area contributed by atoms with Gasteiger partial charge < -0.3 is 10.5 Å². The number of thioether (sulfide) groups is 1. The highest BCUT2D eigenvalue weighted by Gasteiger charge is 2.27. The highest BCUT2D eigenvalue weighted by atomic mass is 32.2. The molecule has 1 aliphatic carbocycles. The number of nitrogens with two attached hydrogens (primary N) is 1. The van der Waals surface area contributed by atoms with E-state index in [0.29, 0.717) is 11.7 Å². The molecule has 7 nitrogen and oxygen atoms in total. The number of carbonyl (C=O) groups is 1. The maximum atomic E-state index is 11.6. The van der Waals surface area contributed by atoms with Gasteiger partial charge in [-0.2, -0.15) is 0 Å². The second-order valence-electron chi connectivity index (χ2n) is 6.53. The van der Waals surface area contributed by atoms with Gasteiger partial charge in [-0.05, 0) is 25.0 Å². The van der Waals surface area contributed by atoms with E-state index in [4.69, 9.17) is 10.5 Å². The Morgan fingerprint density at radius 3 is 2.93 bits per heavy atom. The molecule has 0 spiro atoms. The first-order valence-corrected chi connectivity index (χ1v) is 10.8. The predicted molar refractivity (Wildman–Crippen MR) is 108 cm³/mol. The van der Waals surface area contributed by atoms with Crippen LogP contribution in [0.15, 0.2) is 23.5 Å². The molecule has 1 fully saturated rings. The van der Waals surface area contributed by atoms with E-state index >= 15 is 0 Å². The third kappa shape index (κ3) is 3.53. The third-order valence-electron chi connectivity index (χ3n) is 4.86. The SMILES string of the molecule is COC(=O)CSc1nnc(-c2sc3ncccc3c2N)n1C1CCCCC1. The van der Waals surface area contributed by atoms with E-state index in [9.17, 15) is 4.79 Å². The Morgan fingerprint density at radius 1 is 1.37 bits per heavy atom. The Kier molecular flexibility index (Phi) is 5.31. The van der Waals surface area contributed by atoms with Crippen LogP contribution in [0, 0.1) is 0 Å². The van der Waals surface area contributed by atoms with Crippen molar-refractivity contribution in [2.24, 2.45) is 0 Å². The number of pyridine rings is 1. The summed E-state index contributed by atoms with van der Waals surface area (Å²) in [5.41, 5.74) is 7.12. The minimum Gasteiger partial charge on any atom is -0.468 e. The zero-order valence-corrected chi connectivity index (χ0v) is 16.7. The molecule has 0 aromatic carbocycles. The first-order valence-electron chi connectivity index (χ1n) is 8.97. The smallest absolute Gasteiger partial charge is 0.316 e. The number of hydrogen-bond acceptors (Lipinski definition) is 8. The summed E-state index contributed by atoms with van der Waals surface area (Å²) in [7, 11) is 1.39. The second-order valence-corrected chi connectivity index (χ2v) is 8.48. The molecular weight excluding hydrogens is 382 g/mol. The van der Waals surface area contributed by atoms with E-state index in [1.165, 1.54) is 49.5 Å². The van der Waals surface area contributed by atoms with Crippen LogP contribution in [0.2, 0.25) is 0 Å². The third-order valence-corrected chi connectivity index (χ3v) is 6.90. The molecule has 3 aromatic heterocycles. The summed E-state index contributed by atoms with van der Waals surface area (Å²) in [5, 5.41) is 10.5. The second kappa shape index (κ2) is 7.85. The minimum absolute atomic E-state index is 0.213. The first-order chi connectivity index (χ1) is 13.2. The van der Waals surface area contributed by atoms with E-state index in [-0.39, 0.29) is 11.7 Å². The maximum Gasteiger partial charge on any atom is 0.316 e. The highest BCUT2D eigenvalue weighted by Crippen LogP contribution is 2.42. The number of ether oxygens (including phenoxy) is 1. The zero-order chi connectivity index (χ0) is 18.8. The predicted octanol–water partition coefficient (Wildman–Crippen LogP) is 3.91. The number of rotatable bonds is 5. The van der Waals surface area contributed by atoms with E-state index in [1.807, 2.05) is 12.1 Å². The van der Waals surface area contributed by atoms with Gasteiger partial charge in [-0.15, -0.1) is 21.5 Å². The van der Waals surface area contributed by atoms with Crippen LogP contribution in [-0.2, 0) is 9.53 Å². The van der Waals surface area contributed by atoms with E-state index in [1.54, 1.807) is 6.20 Å². The monoisotopic (exact) mass is 403 g/mol. The molecule has 1 saturated carbocycles. The highest BCUT2D eigenvalue weighted by molar-refractivity contribution is 7.99. The van der Waals surface area contributed by atoms with Crippen molar-refractivity contribution < 1.29 is 9.53 Å². The minimum atomic E-state index is -0.273. The largest absolute Gasteiger partial charge is 0.468 e. The lowest BCUT2D eigenvalue weighted by atomic mass is 9.95. The molecule has 0 amide bonds. The number of hydrogen-bond donors (Lipinski definition) is 1. The summed E-state index contributed by atoms with van der Waals surface area (Å²) in [6.45, 7) is 0. The Bertz CT molecular complexity index is 962. The average molecular weight is 404 g/mol. The van der Waals surface area contributed by atoms with Gasteiger partial charge in [0.2, 0.25) is 0 Å². The number of carbonyl (C=O) groups excluding carboxylic acids is 1. The van der Waals surface area contributed by atoms with Gasteiger partial charge in [0.25, 0.3) is 0 Å². The van der Waals surface area contributed by atoms with Gasteiger partial charge in [0, 0.05) is 17.6 Å². The lowest BCUT2D eigenvalue weighted by molar-refractivity contribution is -0.137. The number of thiophene rings is 1. The normalized spacial score (nSPS) is 15.3. The summed E-state index contributed by atoms with van der Waals surface area (Å²) < 4.78 is 6.94. The molecule has 0 atom stereocenters. The molecule has 27 heavy (non-hydrogen) atoms. The molecule has 3 heterocycles. The Morgan fingerprint density at radius 2 is 2.19 bits per heavy atom. The molecule has 2 N–H and O–H groups in total. The lowest BCUT2D eigenvalue weighted by Gasteiger charge is -2.25. The Hall–Kier alpha value is -2.13. The van der Waals surface area contributed by atoms with Gasteiger partial charge in [0.15, 0.2) is 11.0 Å². The number of esters is 1. The van der Waals surface area contributed by atoms with Crippen molar-refractivity contribution >= 4 is 45.0 Å². The average Bonchev–Trinajstić information content (AvgIpc) is 3.28. The molecule has 1 aliphatic rings. The van der Waals surface area contributed by atoms with Crippen LogP contribution in [0.3, 0.4) is 0 Å². The van der Waals surface area contributed by atoms with Crippen LogP contribution in [0.5, 0.6) is 0 Å². The van der Waals surface area contributed by atoms with Gasteiger partial charge >= 0.3 is 5.97 Å². The van der Waals surface area contributed by atoms with Gasteiger partial charge in [-0.3, -0.25) is 9.36 Å². The zero-order valence-electron chi connectivity index (χ0n) is 15.1. The molecule has 142 valence electrons. The van der Waals surface area contributed by atoms with Gasteiger partial charge in [-0.1, -0.05) is 31.0 Å². The fourth-order valence-corrected chi connectivity index (χ4v) is 5.38. The van der Waals surface area contributed by atoms with Crippen LogP contribution >= 0.6 is 23.1 Å². The maximum absolute atomic E-state index is 11.6. The fraction of sp³-hybridized carbons (Fsp3) is 0.444. The summed E-state index contributed by atoms with van der Waals surface area (Å²) in [6.07, 6.45) is 7.57. The van der Waals surface area contributed by atoms with Crippen LogP contribution in [0.1, 0.15) is 38.1 Å². The van der Waals surface area contributed by atoms with E-state index in [2.05, 4.69) is 19.7 Å². The number of nitrogens with zero attached hydrogens (tertiary/aromatic N) is 4. The van der Waals surface area contributed by atoms with Gasteiger partial charge in [0.1, 0.15) is 4.83 Å². The van der Waals surface area contributed by atoms with Crippen molar-refractivity contribution in [2.75, 3.05) is 18.6 Å². The standard InChI is InChI=1S/C18H21N5O2S2/c1-25-13(24)10-26-18-22-21-16(23(18)11-6-3-2-4-7-11)15-14(19)12-8-5-9-20-17(12)27-15/h5,8-9,11H,2-4,6-7,10,19H2,1H3. The summed E-state index contributed by atoms with van der Waals surface area (Å²) in [4.78, 5) is 17.8. The van der Waals surface area contributed by atoms with Gasteiger partial charge in [0.05, 0.1) is 23.4 Å². The van der Waals surface area contributed by atoms with E-state index < -0.39 is 0 Å². The van der Waals surface area contributed by atoms with Crippen LogP contribution in [0.4, 0.5) is 5.69 Å². The van der Waals surface area contributed by atoms with Crippen LogP contribution < -0.4 is 5.73 Å². The molecule has 0 radical (unpaired) electrons. The summed E-state index contributed by atoms with van der Waals surface area (Å²) >= 11 is 2.90. The lowest BCUT2D eigenvalue weighted by Crippen LogP contribution is -2.15. The number of methoxy groups -OCH3 is 1. The molecule has 3 aromatic rings. The van der Waals surface area contributed by atoms with Crippen molar-refractivity contribution in [2.45, 2.75) is 43.3 Å². The molecule has 4 rings (SSSR count). The van der Waals surface area contributed by atoms with Crippen LogP contribution in [0.25, 0.3) is 20.9 Å². The van der Waals surface area contributed by atoms with Crippen molar-refractivity contribution in [3.8, 4) is 10.7 Å². The van der Waals surface area contributed by atoms with E-state index in [0.717, 1.165) is 38.9 Å². The molecular formula is C18H21N5O2S2. The molecule has 0 saturated heterocycles. The van der Waals surface area contributed by atoms with Crippen molar-refractivity contribution in [3.63, 3.8) is 0 Å². The van der Waals surface area contributed by atoms with Gasteiger partial charge in [-0.25, -0.2) is 4.98 Å².